The molecule has 0 aliphatic rings. The van der Waals surface area contributed by atoms with Gasteiger partial charge in [0.25, 0.3) is 5.91 Å². The fourth-order valence-corrected chi connectivity index (χ4v) is 3.99. The minimum atomic E-state index is -1.15. The van der Waals surface area contributed by atoms with Gasteiger partial charge in [-0.2, -0.15) is 0 Å². The van der Waals surface area contributed by atoms with E-state index in [1.807, 2.05) is 0 Å². The fraction of sp³-hybridized carbons (Fsp3) is 0.286. The van der Waals surface area contributed by atoms with Gasteiger partial charge in [-0.3, -0.25) is 9.59 Å². The topological polar surface area (TPSA) is 113 Å². The normalized spacial score (nSPS) is 13.0. The molecule has 0 aliphatic carbocycles. The van der Waals surface area contributed by atoms with Crippen LogP contribution >= 0.6 is 0 Å². The maximum atomic E-state index is 13.9. The second kappa shape index (κ2) is 12.8. The highest BCUT2D eigenvalue weighted by Gasteiger charge is 2.30. The molecule has 0 saturated heterocycles. The van der Waals surface area contributed by atoms with Crippen molar-refractivity contribution in [2.24, 2.45) is 0 Å². The summed E-state index contributed by atoms with van der Waals surface area (Å²) in [7, 11) is 2.71. The Kier molecular flexibility index (Phi) is 9.53. The third-order valence-corrected chi connectivity index (χ3v) is 5.78. The van der Waals surface area contributed by atoms with E-state index in [-0.39, 0.29) is 22.9 Å². The van der Waals surface area contributed by atoms with Crippen molar-refractivity contribution in [2.75, 3.05) is 14.2 Å². The third kappa shape index (κ3) is 7.07. The highest BCUT2D eigenvalue weighted by Crippen LogP contribution is 2.36. The van der Waals surface area contributed by atoms with Gasteiger partial charge in [0.15, 0.2) is 11.4 Å². The van der Waals surface area contributed by atoms with Crippen LogP contribution in [0.3, 0.4) is 0 Å². The first kappa shape index (κ1) is 29.0. The van der Waals surface area contributed by atoms with Gasteiger partial charge in [-0.1, -0.05) is 18.2 Å². The van der Waals surface area contributed by atoms with Crippen molar-refractivity contribution in [3.63, 3.8) is 0 Å². The summed E-state index contributed by atoms with van der Waals surface area (Å²) in [4.78, 5) is 41.4. The number of benzene rings is 2. The number of carbonyl (C=O) groups is 3. The van der Waals surface area contributed by atoms with Gasteiger partial charge in [0.05, 0.1) is 14.2 Å². The van der Waals surface area contributed by atoms with Crippen molar-refractivity contribution >= 4 is 17.8 Å². The smallest absolute Gasteiger partial charge is 0.328 e. The Morgan fingerprint density at radius 1 is 0.897 bits per heavy atom. The molecule has 0 radical (unpaired) electrons. The molecule has 0 aliphatic heterocycles. The van der Waals surface area contributed by atoms with Crippen molar-refractivity contribution in [3.8, 4) is 17.2 Å². The van der Waals surface area contributed by atoms with Gasteiger partial charge in [0, 0.05) is 36.7 Å². The number of halogens is 2. The van der Waals surface area contributed by atoms with Crippen LogP contribution in [0.4, 0.5) is 8.78 Å². The zero-order valence-corrected chi connectivity index (χ0v) is 22.0. The highest BCUT2D eigenvalue weighted by molar-refractivity contribution is 5.98. The minimum Gasteiger partial charge on any atom is -0.496 e. The number of amides is 1. The molecule has 1 N–H and O–H groups in total. The molecule has 0 spiro atoms. The van der Waals surface area contributed by atoms with E-state index in [1.165, 1.54) is 75.9 Å². The van der Waals surface area contributed by atoms with Gasteiger partial charge < -0.3 is 24.3 Å². The first-order valence-corrected chi connectivity index (χ1v) is 11.9. The van der Waals surface area contributed by atoms with Crippen LogP contribution in [0.25, 0.3) is 0 Å². The van der Waals surface area contributed by atoms with Crippen molar-refractivity contribution in [2.45, 2.75) is 38.8 Å². The summed E-state index contributed by atoms with van der Waals surface area (Å²) in [5, 5.41) is 2.48. The molecule has 39 heavy (non-hydrogen) atoms. The average Bonchev–Trinajstić information content (AvgIpc) is 2.90. The Labute approximate surface area is 224 Å². The summed E-state index contributed by atoms with van der Waals surface area (Å²) in [6.45, 7) is 4.18. The van der Waals surface area contributed by atoms with E-state index < -0.39 is 47.5 Å². The summed E-state index contributed by atoms with van der Waals surface area (Å²) in [5.74, 6) is -3.81. The van der Waals surface area contributed by atoms with Crippen molar-refractivity contribution in [1.29, 1.82) is 0 Å². The third-order valence-electron chi connectivity index (χ3n) is 5.78. The summed E-state index contributed by atoms with van der Waals surface area (Å²) in [6.07, 6.45) is 0.433. The molecule has 3 aromatic rings. The molecule has 0 fully saturated rings. The molecule has 2 aromatic carbocycles. The van der Waals surface area contributed by atoms with Crippen LogP contribution in [0.5, 0.6) is 17.2 Å². The molecule has 0 unspecified atom stereocenters. The predicted molar refractivity (Wildman–Crippen MR) is 136 cm³/mol. The second-order valence-electron chi connectivity index (χ2n) is 8.54. The highest BCUT2D eigenvalue weighted by atomic mass is 19.1. The molecular weight excluding hydrogens is 514 g/mol. The Morgan fingerprint density at radius 3 is 2.15 bits per heavy atom. The lowest BCUT2D eigenvalue weighted by Crippen LogP contribution is -2.41. The lowest BCUT2D eigenvalue weighted by molar-refractivity contribution is -0.150. The van der Waals surface area contributed by atoms with Crippen LogP contribution in [-0.2, 0) is 14.3 Å². The number of hydrogen-bond donors (Lipinski definition) is 1. The number of nitrogens with one attached hydrogen (secondary N) is 1. The largest absolute Gasteiger partial charge is 0.496 e. The Bertz CT molecular complexity index is 1350. The Hall–Kier alpha value is -4.54. The van der Waals surface area contributed by atoms with Gasteiger partial charge in [0.1, 0.15) is 29.5 Å². The predicted octanol–water partition coefficient (Wildman–Crippen LogP) is 4.18. The number of hydrogen-bond acceptors (Lipinski definition) is 8. The molecule has 3 rings (SSSR count). The lowest BCUT2D eigenvalue weighted by atomic mass is 9.86. The number of aromatic nitrogens is 1. The molecule has 11 heteroatoms. The summed E-state index contributed by atoms with van der Waals surface area (Å²) >= 11 is 0. The number of esters is 2. The molecule has 3 atom stereocenters. The average molecular weight is 543 g/mol. The molecule has 206 valence electrons. The fourth-order valence-electron chi connectivity index (χ4n) is 3.99. The number of carbonyl (C=O) groups excluding carboxylic acids is 3. The summed E-state index contributed by atoms with van der Waals surface area (Å²) in [6, 6.07) is 9.79. The quantitative estimate of drug-likeness (QED) is 0.380. The lowest BCUT2D eigenvalue weighted by Gasteiger charge is -2.27. The number of methoxy groups -OCH3 is 2. The summed E-state index contributed by atoms with van der Waals surface area (Å²) in [5.41, 5.74) is 0.830. The molecule has 9 nitrogen and oxygen atoms in total. The minimum absolute atomic E-state index is 0.101. The van der Waals surface area contributed by atoms with E-state index in [0.29, 0.717) is 11.1 Å². The van der Waals surface area contributed by atoms with Crippen molar-refractivity contribution in [3.05, 3.63) is 83.2 Å². The Balaban J connectivity index is 1.84. The maximum Gasteiger partial charge on any atom is 0.328 e. The van der Waals surface area contributed by atoms with E-state index in [0.717, 1.165) is 6.92 Å². The first-order chi connectivity index (χ1) is 18.5. The van der Waals surface area contributed by atoms with Gasteiger partial charge in [0.2, 0.25) is 5.75 Å². The zero-order chi connectivity index (χ0) is 28.7. The van der Waals surface area contributed by atoms with Crippen LogP contribution in [-0.4, -0.2) is 49.2 Å². The number of nitrogens with zero attached hydrogens (tertiary/aromatic N) is 1. The molecule has 0 saturated carbocycles. The summed E-state index contributed by atoms with van der Waals surface area (Å²) < 4.78 is 48.8. The molecule has 1 heterocycles. The van der Waals surface area contributed by atoms with Crippen LogP contribution in [0.1, 0.15) is 48.3 Å². The van der Waals surface area contributed by atoms with Crippen LogP contribution in [0, 0.1) is 11.6 Å². The van der Waals surface area contributed by atoms with Crippen LogP contribution < -0.4 is 19.5 Å². The zero-order valence-electron chi connectivity index (χ0n) is 22.0. The van der Waals surface area contributed by atoms with Crippen LogP contribution in [0.2, 0.25) is 0 Å². The molecule has 1 aromatic heterocycles. The van der Waals surface area contributed by atoms with Gasteiger partial charge in [-0.05, 0) is 37.6 Å². The first-order valence-electron chi connectivity index (χ1n) is 11.9. The standard InChI is InChI=1S/C28H28F2N2O7/c1-15(32-27(34)25-26(39-17(3)33)22(36-4)12-13-31-25)28(35)38-16(2)24(18-6-8-19(29)9-7-18)21-11-10-20(30)14-23(21)37-5/h6-16,24H,1-5H3,(H,32,34)/t15-,16-,24+/m0/s1. The molecule has 1 amide bonds. The van der Waals surface area contributed by atoms with Gasteiger partial charge in [-0.25, -0.2) is 18.6 Å². The van der Waals surface area contributed by atoms with Crippen LogP contribution in [0.15, 0.2) is 54.7 Å². The molecular formula is C28H28F2N2O7. The van der Waals surface area contributed by atoms with Crippen molar-refractivity contribution < 1.29 is 42.1 Å². The van der Waals surface area contributed by atoms with Gasteiger partial charge in [-0.15, -0.1) is 0 Å². The number of ether oxygens (including phenoxy) is 4. The second-order valence-corrected chi connectivity index (χ2v) is 8.54. The maximum absolute atomic E-state index is 13.9. The number of rotatable bonds is 10. The van der Waals surface area contributed by atoms with E-state index >= 15 is 0 Å². The van der Waals surface area contributed by atoms with E-state index in [2.05, 4.69) is 10.3 Å². The van der Waals surface area contributed by atoms with E-state index in [4.69, 9.17) is 18.9 Å². The van der Waals surface area contributed by atoms with Crippen molar-refractivity contribution in [1.82, 2.24) is 10.3 Å². The Morgan fingerprint density at radius 2 is 1.54 bits per heavy atom. The monoisotopic (exact) mass is 542 g/mol. The van der Waals surface area contributed by atoms with E-state index in [9.17, 15) is 23.2 Å². The van der Waals surface area contributed by atoms with Gasteiger partial charge >= 0.3 is 11.9 Å². The molecule has 0 bridgehead atoms. The SMILES string of the molecule is COc1cc(F)ccc1[C@@H](c1ccc(F)cc1)[C@H](C)OC(=O)[C@H](C)NC(=O)c1nccc(OC)c1OC(C)=O. The van der Waals surface area contributed by atoms with E-state index in [1.54, 1.807) is 6.92 Å². The number of pyridine rings is 1.